The van der Waals surface area contributed by atoms with Gasteiger partial charge < -0.3 is 24.3 Å². The molecule has 154 valence electrons. The Morgan fingerprint density at radius 2 is 2.03 bits per heavy atom. The van der Waals surface area contributed by atoms with Crippen LogP contribution in [-0.2, 0) is 4.79 Å². The van der Waals surface area contributed by atoms with Gasteiger partial charge in [-0.05, 0) is 24.3 Å². The molecule has 2 aliphatic rings. The van der Waals surface area contributed by atoms with Gasteiger partial charge >= 0.3 is 0 Å². The first-order chi connectivity index (χ1) is 14.6. The van der Waals surface area contributed by atoms with Crippen molar-refractivity contribution < 1.29 is 23.7 Å². The number of carbonyl (C=O) groups excluding carboxylic acids is 1. The molecule has 3 heterocycles. The minimum Gasteiger partial charge on any atom is -0.493 e. The highest BCUT2D eigenvalue weighted by molar-refractivity contribution is 6.30. The highest BCUT2D eigenvalue weighted by atomic mass is 35.5. The zero-order valence-corrected chi connectivity index (χ0v) is 17.0. The van der Waals surface area contributed by atoms with E-state index in [-0.39, 0.29) is 25.0 Å². The van der Waals surface area contributed by atoms with Gasteiger partial charge in [0.05, 0.1) is 19.9 Å². The van der Waals surface area contributed by atoms with E-state index < -0.39 is 0 Å². The van der Waals surface area contributed by atoms with Crippen molar-refractivity contribution in [1.82, 2.24) is 9.55 Å². The molecule has 3 aromatic rings. The molecule has 5 rings (SSSR count). The first-order valence-electron chi connectivity index (χ1n) is 9.28. The Kier molecular flexibility index (Phi) is 4.43. The van der Waals surface area contributed by atoms with Crippen molar-refractivity contribution in [1.29, 1.82) is 0 Å². The Bertz CT molecular complexity index is 1160. The number of aromatic nitrogens is 2. The third-order valence-corrected chi connectivity index (χ3v) is 5.49. The van der Waals surface area contributed by atoms with Crippen LogP contribution in [0.3, 0.4) is 0 Å². The molecular weight excluding hydrogens is 410 g/mol. The normalized spacial score (nSPS) is 16.8. The Morgan fingerprint density at radius 1 is 1.20 bits per heavy atom. The number of rotatable bonds is 4. The topological polar surface area (TPSA) is 83.8 Å². The van der Waals surface area contributed by atoms with Crippen molar-refractivity contribution >= 4 is 23.3 Å². The second-order valence-corrected chi connectivity index (χ2v) is 7.34. The van der Waals surface area contributed by atoms with E-state index in [9.17, 15) is 4.79 Å². The van der Waals surface area contributed by atoms with Crippen molar-refractivity contribution in [3.63, 3.8) is 0 Å². The second kappa shape index (κ2) is 7.14. The van der Waals surface area contributed by atoms with Gasteiger partial charge in [-0.2, -0.15) is 0 Å². The molecule has 1 aromatic heterocycles. The lowest BCUT2D eigenvalue weighted by Gasteiger charge is -2.25. The van der Waals surface area contributed by atoms with Crippen LogP contribution in [0.15, 0.2) is 36.7 Å². The van der Waals surface area contributed by atoms with E-state index in [1.54, 1.807) is 26.6 Å². The van der Waals surface area contributed by atoms with Gasteiger partial charge in [-0.1, -0.05) is 17.7 Å². The van der Waals surface area contributed by atoms with Gasteiger partial charge in [0.1, 0.15) is 12.1 Å². The molecule has 0 saturated heterocycles. The zero-order chi connectivity index (χ0) is 20.8. The van der Waals surface area contributed by atoms with Gasteiger partial charge in [0.25, 0.3) is 0 Å². The number of nitrogens with one attached hydrogen (secondary N) is 1. The minimum atomic E-state index is -0.354. The molecule has 8 nitrogen and oxygen atoms in total. The molecule has 2 aromatic carbocycles. The standard InChI is InChI=1S/C21H18ClN3O5/c1-27-15-7-14(18(28-2)20-19(15)29-10-30-20)13-8-16(26)24-21-17(13)23-9-25(21)12-5-3-4-11(22)6-12/h3-7,9,13H,8,10H2,1-2H3,(H,24,26)/t13-/m1/s1. The summed E-state index contributed by atoms with van der Waals surface area (Å²) in [5.74, 6) is 2.09. The van der Waals surface area contributed by atoms with Crippen LogP contribution in [0.4, 0.5) is 5.82 Å². The van der Waals surface area contributed by atoms with Gasteiger partial charge in [-0.25, -0.2) is 4.98 Å². The molecule has 0 radical (unpaired) electrons. The number of anilines is 1. The van der Waals surface area contributed by atoms with E-state index >= 15 is 0 Å². The smallest absolute Gasteiger partial charge is 0.231 e. The number of ether oxygens (including phenoxy) is 4. The average molecular weight is 428 g/mol. The number of nitrogens with zero attached hydrogens (tertiary/aromatic N) is 2. The van der Waals surface area contributed by atoms with Gasteiger partial charge in [-0.3, -0.25) is 9.36 Å². The van der Waals surface area contributed by atoms with Gasteiger partial charge in [0, 0.05) is 28.6 Å². The summed E-state index contributed by atoms with van der Waals surface area (Å²) >= 11 is 6.15. The quantitative estimate of drug-likeness (QED) is 0.682. The fourth-order valence-corrected chi connectivity index (χ4v) is 4.12. The van der Waals surface area contributed by atoms with Crippen LogP contribution in [0.5, 0.6) is 23.0 Å². The molecule has 0 fully saturated rings. The molecule has 0 aliphatic carbocycles. The Hall–Kier alpha value is -3.39. The first kappa shape index (κ1) is 18.6. The summed E-state index contributed by atoms with van der Waals surface area (Å²) in [4.78, 5) is 17.3. The molecule has 1 atom stereocenters. The summed E-state index contributed by atoms with van der Waals surface area (Å²) in [6.45, 7) is 0.0747. The Labute approximate surface area is 177 Å². The van der Waals surface area contributed by atoms with Crippen molar-refractivity contribution in [3.05, 3.63) is 52.9 Å². The van der Waals surface area contributed by atoms with Crippen molar-refractivity contribution in [2.45, 2.75) is 12.3 Å². The summed E-state index contributed by atoms with van der Waals surface area (Å²) in [6.07, 6.45) is 1.88. The second-order valence-electron chi connectivity index (χ2n) is 6.90. The van der Waals surface area contributed by atoms with Crippen molar-refractivity contribution in [3.8, 4) is 28.7 Å². The predicted octanol–water partition coefficient (Wildman–Crippen LogP) is 3.75. The number of imidazole rings is 1. The maximum Gasteiger partial charge on any atom is 0.231 e. The number of benzene rings is 2. The summed E-state index contributed by atoms with van der Waals surface area (Å²) < 4.78 is 24.1. The maximum atomic E-state index is 12.6. The molecule has 30 heavy (non-hydrogen) atoms. The van der Waals surface area contributed by atoms with E-state index in [0.29, 0.717) is 39.5 Å². The van der Waals surface area contributed by atoms with Crippen LogP contribution >= 0.6 is 11.6 Å². The molecule has 0 spiro atoms. The lowest BCUT2D eigenvalue weighted by Crippen LogP contribution is -2.25. The van der Waals surface area contributed by atoms with Crippen LogP contribution in [0.2, 0.25) is 5.02 Å². The molecule has 9 heteroatoms. The van der Waals surface area contributed by atoms with Crippen LogP contribution in [-0.4, -0.2) is 36.5 Å². The third-order valence-electron chi connectivity index (χ3n) is 5.25. The molecular formula is C21H18ClN3O5. The monoisotopic (exact) mass is 427 g/mol. The predicted molar refractivity (Wildman–Crippen MR) is 109 cm³/mol. The molecule has 0 bridgehead atoms. The number of fused-ring (bicyclic) bond motifs is 2. The van der Waals surface area contributed by atoms with Crippen molar-refractivity contribution in [2.24, 2.45) is 0 Å². The first-order valence-corrected chi connectivity index (χ1v) is 9.66. The molecule has 2 aliphatic heterocycles. The summed E-state index contributed by atoms with van der Waals surface area (Å²) in [7, 11) is 3.11. The number of hydrogen-bond acceptors (Lipinski definition) is 6. The van der Waals surface area contributed by atoms with E-state index in [0.717, 1.165) is 11.3 Å². The Balaban J connectivity index is 1.68. The summed E-state index contributed by atoms with van der Waals surface area (Å²) in [6, 6.07) is 9.16. The van der Waals surface area contributed by atoms with E-state index in [1.165, 1.54) is 0 Å². The van der Waals surface area contributed by atoms with E-state index in [2.05, 4.69) is 10.3 Å². The van der Waals surface area contributed by atoms with E-state index in [4.69, 9.17) is 30.5 Å². The highest BCUT2D eigenvalue weighted by Gasteiger charge is 2.36. The fraction of sp³-hybridized carbons (Fsp3) is 0.238. The van der Waals surface area contributed by atoms with Crippen LogP contribution in [0.1, 0.15) is 23.6 Å². The van der Waals surface area contributed by atoms with Crippen LogP contribution in [0, 0.1) is 0 Å². The van der Waals surface area contributed by atoms with Crippen LogP contribution < -0.4 is 24.3 Å². The molecule has 1 N–H and O–H groups in total. The lowest BCUT2D eigenvalue weighted by atomic mass is 9.88. The molecule has 0 unspecified atom stereocenters. The highest BCUT2D eigenvalue weighted by Crippen LogP contribution is 2.53. The lowest BCUT2D eigenvalue weighted by molar-refractivity contribution is -0.116. The zero-order valence-electron chi connectivity index (χ0n) is 16.3. The number of methoxy groups -OCH3 is 2. The number of halogens is 1. The summed E-state index contributed by atoms with van der Waals surface area (Å²) in [5.41, 5.74) is 2.26. The summed E-state index contributed by atoms with van der Waals surface area (Å²) in [5, 5.41) is 3.53. The fourth-order valence-electron chi connectivity index (χ4n) is 3.94. The van der Waals surface area contributed by atoms with E-state index in [1.807, 2.05) is 28.8 Å². The van der Waals surface area contributed by atoms with Crippen LogP contribution in [0.25, 0.3) is 5.69 Å². The number of amides is 1. The molecule has 1 amide bonds. The minimum absolute atomic E-state index is 0.0747. The third kappa shape index (κ3) is 2.83. The maximum absolute atomic E-state index is 12.6. The van der Waals surface area contributed by atoms with Crippen molar-refractivity contribution in [2.75, 3.05) is 26.3 Å². The van der Waals surface area contributed by atoms with Gasteiger partial charge in [0.2, 0.25) is 24.2 Å². The SMILES string of the molecule is COc1cc([C@H]2CC(=O)Nc3c2ncn3-c2cccc(Cl)c2)c(OC)c2c1OCO2. The average Bonchev–Trinajstić information content (AvgIpc) is 3.39. The Morgan fingerprint density at radius 3 is 2.80 bits per heavy atom. The van der Waals surface area contributed by atoms with Gasteiger partial charge in [-0.15, -0.1) is 0 Å². The molecule has 0 saturated carbocycles. The largest absolute Gasteiger partial charge is 0.493 e. The van der Waals surface area contributed by atoms with Gasteiger partial charge in [0.15, 0.2) is 11.5 Å². The number of carbonyl (C=O) groups is 1. The number of hydrogen-bond donors (Lipinski definition) is 1.